The van der Waals surface area contributed by atoms with Crippen LogP contribution in [0.15, 0.2) is 53.6 Å². The number of fused-ring (bicyclic) bond motifs is 7. The summed E-state index contributed by atoms with van der Waals surface area (Å²) in [5.41, 5.74) is -1.62. The molecule has 0 radical (unpaired) electrons. The van der Waals surface area contributed by atoms with Gasteiger partial charge < -0.3 is 29.9 Å². The van der Waals surface area contributed by atoms with Crippen LogP contribution >= 0.6 is 12.6 Å². The van der Waals surface area contributed by atoms with Crippen molar-refractivity contribution in [2.24, 2.45) is 50.7 Å². The molecular formula is C42H60O8S. The number of ether oxygens (including phenoxy) is 2. The number of hydrogen-bond donors (Lipinski definition) is 5. The van der Waals surface area contributed by atoms with Crippen molar-refractivity contribution in [1.29, 1.82) is 0 Å². The molecule has 5 aliphatic carbocycles. The summed E-state index contributed by atoms with van der Waals surface area (Å²) in [5, 5.41) is 48.1. The zero-order chi connectivity index (χ0) is 37.5. The van der Waals surface area contributed by atoms with E-state index < -0.39 is 81.2 Å². The Labute approximate surface area is 309 Å². The van der Waals surface area contributed by atoms with E-state index in [0.717, 1.165) is 31.3 Å². The summed E-state index contributed by atoms with van der Waals surface area (Å²) < 4.78 is 11.7. The standard InChI is InChI=1S/C42H60O8S/c1-9-24(2)35(47)50-34-28(22-49-36(48)25-13-11-10-12-14-25)42(23-43)27(21-37(34,3)4)26-15-16-29-38(5)19-18-31(44)41(8,51)30(38)17-20-39(29,6)40(26,7)32(45)33(42)46/h9-15,27-34,43-46,51H,16-23H2,1-8H3/b24-9-/t27?,28-,29?,30?,31-,32-,33+,34-,38+,39+,40-,41-,42+/m0/s1. The molecular weight excluding hydrogens is 665 g/mol. The summed E-state index contributed by atoms with van der Waals surface area (Å²) in [4.78, 5) is 26.8. The number of allylic oxidation sites excluding steroid dienone is 2. The van der Waals surface area contributed by atoms with Gasteiger partial charge in [0.15, 0.2) is 0 Å². The molecule has 0 heterocycles. The lowest BCUT2D eigenvalue weighted by molar-refractivity contribution is -0.278. The summed E-state index contributed by atoms with van der Waals surface area (Å²) >= 11 is 5.08. The van der Waals surface area contributed by atoms with E-state index in [1.54, 1.807) is 44.2 Å². The van der Waals surface area contributed by atoms with Gasteiger partial charge in [-0.2, -0.15) is 12.6 Å². The van der Waals surface area contributed by atoms with Crippen LogP contribution in [0.5, 0.6) is 0 Å². The third kappa shape index (κ3) is 5.37. The first-order valence-electron chi connectivity index (χ1n) is 18.9. The van der Waals surface area contributed by atoms with Crippen LogP contribution in [0.1, 0.15) is 104 Å². The average Bonchev–Trinajstić information content (AvgIpc) is 3.09. The summed E-state index contributed by atoms with van der Waals surface area (Å²) in [6, 6.07) is 8.64. The molecule has 282 valence electrons. The maximum Gasteiger partial charge on any atom is 0.338 e. The molecule has 8 nitrogen and oxygen atoms in total. The van der Waals surface area contributed by atoms with Gasteiger partial charge in [0.25, 0.3) is 0 Å². The van der Waals surface area contributed by atoms with Gasteiger partial charge in [0.2, 0.25) is 0 Å². The van der Waals surface area contributed by atoms with Gasteiger partial charge in [0.1, 0.15) is 6.10 Å². The quantitative estimate of drug-likeness (QED) is 0.0998. The monoisotopic (exact) mass is 724 g/mol. The van der Waals surface area contributed by atoms with Gasteiger partial charge in [0.05, 0.1) is 37.1 Å². The zero-order valence-corrected chi connectivity index (χ0v) is 32.6. The fourth-order valence-corrected chi connectivity index (χ4v) is 13.0. The maximum atomic E-state index is 13.4. The number of aliphatic hydroxyl groups excluding tert-OH is 4. The Morgan fingerprint density at radius 2 is 1.63 bits per heavy atom. The number of carbonyl (C=O) groups excluding carboxylic acids is 2. The summed E-state index contributed by atoms with van der Waals surface area (Å²) in [6.07, 6.45) is 4.35. The molecule has 4 fully saturated rings. The Hall–Kier alpha value is -2.17. The van der Waals surface area contributed by atoms with E-state index in [4.69, 9.17) is 22.1 Å². The van der Waals surface area contributed by atoms with Crippen LogP contribution in [-0.4, -0.2) is 74.7 Å². The van der Waals surface area contributed by atoms with Crippen molar-refractivity contribution in [2.45, 2.75) is 123 Å². The number of rotatable bonds is 6. The predicted octanol–water partition coefficient (Wildman–Crippen LogP) is 6.32. The number of hydrogen-bond acceptors (Lipinski definition) is 9. The molecule has 13 atom stereocenters. The first kappa shape index (κ1) is 38.6. The van der Waals surface area contributed by atoms with E-state index in [1.165, 1.54) is 0 Å². The van der Waals surface area contributed by atoms with Crippen LogP contribution in [0.3, 0.4) is 0 Å². The van der Waals surface area contributed by atoms with Crippen LogP contribution in [0, 0.1) is 50.7 Å². The minimum absolute atomic E-state index is 0.145. The molecule has 0 saturated heterocycles. The van der Waals surface area contributed by atoms with E-state index in [-0.39, 0.29) is 23.9 Å². The highest BCUT2D eigenvalue weighted by atomic mass is 32.1. The van der Waals surface area contributed by atoms with Gasteiger partial charge in [-0.1, -0.05) is 70.5 Å². The van der Waals surface area contributed by atoms with E-state index >= 15 is 0 Å². The van der Waals surface area contributed by atoms with Crippen molar-refractivity contribution in [3.05, 3.63) is 59.2 Å². The average molecular weight is 725 g/mol. The van der Waals surface area contributed by atoms with Crippen molar-refractivity contribution in [3.63, 3.8) is 0 Å². The molecule has 0 amide bonds. The first-order valence-corrected chi connectivity index (χ1v) is 19.4. The summed E-state index contributed by atoms with van der Waals surface area (Å²) in [7, 11) is 0. The van der Waals surface area contributed by atoms with Gasteiger partial charge in [-0.05, 0) is 100 Å². The van der Waals surface area contributed by atoms with Gasteiger partial charge in [0, 0.05) is 32.5 Å². The summed E-state index contributed by atoms with van der Waals surface area (Å²) in [5.74, 6) is -1.95. The van der Waals surface area contributed by atoms with Crippen LogP contribution in [0.4, 0.5) is 0 Å². The van der Waals surface area contributed by atoms with Crippen molar-refractivity contribution in [1.82, 2.24) is 0 Å². The molecule has 51 heavy (non-hydrogen) atoms. The molecule has 1 aromatic carbocycles. The van der Waals surface area contributed by atoms with Crippen molar-refractivity contribution < 1.29 is 39.5 Å². The van der Waals surface area contributed by atoms with E-state index in [9.17, 15) is 30.0 Å². The fraction of sp³-hybridized carbons (Fsp3) is 0.714. The van der Waals surface area contributed by atoms with Crippen LogP contribution in [0.25, 0.3) is 0 Å². The van der Waals surface area contributed by atoms with Crippen LogP contribution < -0.4 is 0 Å². The predicted molar refractivity (Wildman–Crippen MR) is 199 cm³/mol. The van der Waals surface area contributed by atoms with E-state index in [1.807, 2.05) is 19.9 Å². The molecule has 6 rings (SSSR count). The highest BCUT2D eigenvalue weighted by molar-refractivity contribution is 7.81. The normalized spacial score (nSPS) is 46.0. The largest absolute Gasteiger partial charge is 0.462 e. The first-order chi connectivity index (χ1) is 23.8. The van der Waals surface area contributed by atoms with Crippen LogP contribution in [0.2, 0.25) is 0 Å². The Kier molecular flexibility index (Phi) is 9.83. The molecule has 0 bridgehead atoms. The molecule has 0 spiro atoms. The molecule has 4 saturated carbocycles. The Balaban J connectivity index is 1.47. The second kappa shape index (κ2) is 13.0. The minimum Gasteiger partial charge on any atom is -0.462 e. The Morgan fingerprint density at radius 3 is 2.25 bits per heavy atom. The lowest BCUT2D eigenvalue weighted by Gasteiger charge is -2.73. The van der Waals surface area contributed by atoms with Gasteiger partial charge in [-0.15, -0.1) is 0 Å². The molecule has 0 aromatic heterocycles. The number of thiol groups is 1. The second-order valence-corrected chi connectivity index (χ2v) is 19.2. The minimum atomic E-state index is -1.42. The van der Waals surface area contributed by atoms with E-state index in [0.29, 0.717) is 24.0 Å². The zero-order valence-electron chi connectivity index (χ0n) is 31.7. The van der Waals surface area contributed by atoms with Gasteiger partial charge >= 0.3 is 11.9 Å². The second-order valence-electron chi connectivity index (χ2n) is 18.2. The maximum absolute atomic E-state index is 13.4. The molecule has 5 aliphatic rings. The van der Waals surface area contributed by atoms with Crippen molar-refractivity contribution >= 4 is 24.6 Å². The molecule has 1 aromatic rings. The third-order valence-corrected chi connectivity index (χ3v) is 16.3. The van der Waals surface area contributed by atoms with Crippen LogP contribution in [-0.2, 0) is 14.3 Å². The summed E-state index contributed by atoms with van der Waals surface area (Å²) in [6.45, 7) is 15.6. The number of aliphatic hydroxyl groups is 4. The lowest BCUT2D eigenvalue weighted by Crippen LogP contribution is -2.75. The lowest BCUT2D eigenvalue weighted by atomic mass is 9.32. The third-order valence-electron chi connectivity index (χ3n) is 15.7. The number of benzene rings is 1. The van der Waals surface area contributed by atoms with Gasteiger partial charge in [-0.25, -0.2) is 9.59 Å². The van der Waals surface area contributed by atoms with E-state index in [2.05, 4.69) is 33.8 Å². The van der Waals surface area contributed by atoms with Crippen molar-refractivity contribution in [2.75, 3.05) is 13.2 Å². The number of carbonyl (C=O) groups is 2. The highest BCUT2D eigenvalue weighted by Crippen LogP contribution is 2.76. The highest BCUT2D eigenvalue weighted by Gasteiger charge is 2.75. The SMILES string of the molecule is C/C=C(/C)C(=O)O[C@H]1[C@H](COC(=O)c2ccccc2)[C@@]2(CO)C(CC1(C)C)C1=CCC3[C@@]4(C)CC[C@H](O)[C@@](C)(S)C4CC[C@@]3(C)[C@]1(C)[C@@H](O)[C@H]2O. The molecule has 9 heteroatoms. The smallest absolute Gasteiger partial charge is 0.338 e. The number of esters is 2. The Bertz CT molecular complexity index is 1590. The molecule has 4 N–H and O–H groups in total. The topological polar surface area (TPSA) is 134 Å². The van der Waals surface area contributed by atoms with Crippen molar-refractivity contribution in [3.8, 4) is 0 Å². The molecule has 3 unspecified atom stereocenters. The fourth-order valence-electron chi connectivity index (χ4n) is 12.5. The van der Waals surface area contributed by atoms with Gasteiger partial charge in [-0.3, -0.25) is 0 Å². The molecule has 0 aliphatic heterocycles. The Morgan fingerprint density at radius 1 is 0.961 bits per heavy atom.